The first-order valence-electron chi connectivity index (χ1n) is 3.15. The summed E-state index contributed by atoms with van der Waals surface area (Å²) in [5, 5.41) is 8.63. The van der Waals surface area contributed by atoms with Gasteiger partial charge in [-0.1, -0.05) is 13.8 Å². The Kier molecular flexibility index (Phi) is 4.05. The largest absolute Gasteiger partial charge is 0.299 e. The van der Waals surface area contributed by atoms with Crippen molar-refractivity contribution in [3.05, 3.63) is 0 Å². The third kappa shape index (κ3) is 3.97. The smallest absolute Gasteiger partial charge is 0.0960 e. The lowest BCUT2D eigenvalue weighted by Gasteiger charge is -2.18. The molecule has 0 aliphatic rings. The van der Waals surface area contributed by atoms with E-state index in [9.17, 15) is 0 Å². The van der Waals surface area contributed by atoms with Crippen LogP contribution >= 0.6 is 0 Å². The SMILES string of the molecule is CNN(C=N)CC(C)C. The lowest BCUT2D eigenvalue weighted by molar-refractivity contribution is 0.308. The first-order valence-corrected chi connectivity index (χ1v) is 3.15. The molecular formula is C6H15N3. The van der Waals surface area contributed by atoms with Gasteiger partial charge in [-0.05, 0) is 5.92 Å². The first-order chi connectivity index (χ1) is 4.20. The molecule has 0 aliphatic heterocycles. The zero-order valence-corrected chi connectivity index (χ0v) is 6.31. The average molecular weight is 129 g/mol. The third-order valence-electron chi connectivity index (χ3n) is 1.00. The van der Waals surface area contributed by atoms with Crippen molar-refractivity contribution in [2.75, 3.05) is 13.6 Å². The minimum absolute atomic E-state index is 0.596. The number of nitrogens with one attached hydrogen (secondary N) is 2. The van der Waals surface area contributed by atoms with Crippen molar-refractivity contribution >= 4 is 6.34 Å². The van der Waals surface area contributed by atoms with Gasteiger partial charge in [0, 0.05) is 13.6 Å². The van der Waals surface area contributed by atoms with Gasteiger partial charge in [-0.25, -0.2) is 5.43 Å². The Morgan fingerprint density at radius 1 is 1.67 bits per heavy atom. The number of rotatable bonds is 4. The molecule has 0 aliphatic carbocycles. The third-order valence-corrected chi connectivity index (χ3v) is 1.00. The molecule has 0 saturated carbocycles. The first kappa shape index (κ1) is 8.43. The fourth-order valence-corrected chi connectivity index (χ4v) is 0.602. The molecule has 2 N–H and O–H groups in total. The molecule has 54 valence electrons. The molecule has 0 aromatic rings. The summed E-state index contributed by atoms with van der Waals surface area (Å²) in [6, 6.07) is 0. The van der Waals surface area contributed by atoms with E-state index in [1.807, 2.05) is 7.05 Å². The molecule has 0 unspecified atom stereocenters. The van der Waals surface area contributed by atoms with Crippen LogP contribution in [0, 0.1) is 11.3 Å². The van der Waals surface area contributed by atoms with Crippen LogP contribution in [0.2, 0.25) is 0 Å². The molecule has 0 atom stereocenters. The summed E-state index contributed by atoms with van der Waals surface area (Å²) in [5.74, 6) is 0.596. The quantitative estimate of drug-likeness (QED) is 0.333. The summed E-state index contributed by atoms with van der Waals surface area (Å²) < 4.78 is 0. The Bertz CT molecular complexity index is 80.4. The van der Waals surface area contributed by atoms with Crippen molar-refractivity contribution < 1.29 is 0 Å². The molecule has 0 spiro atoms. The Hall–Kier alpha value is -0.570. The lowest BCUT2D eigenvalue weighted by atomic mass is 10.2. The van der Waals surface area contributed by atoms with Crippen LogP contribution in [-0.4, -0.2) is 24.9 Å². The predicted molar refractivity (Wildman–Crippen MR) is 39.4 cm³/mol. The van der Waals surface area contributed by atoms with E-state index in [2.05, 4.69) is 19.3 Å². The molecule has 0 rings (SSSR count). The van der Waals surface area contributed by atoms with Crippen LogP contribution in [0.3, 0.4) is 0 Å². The Balaban J connectivity index is 3.42. The van der Waals surface area contributed by atoms with Crippen molar-refractivity contribution in [3.8, 4) is 0 Å². The van der Waals surface area contributed by atoms with Crippen molar-refractivity contribution in [2.24, 2.45) is 5.92 Å². The second-order valence-electron chi connectivity index (χ2n) is 2.40. The maximum atomic E-state index is 6.89. The second-order valence-corrected chi connectivity index (χ2v) is 2.40. The van der Waals surface area contributed by atoms with E-state index in [4.69, 9.17) is 5.41 Å². The molecule has 0 saturated heterocycles. The number of nitrogens with zero attached hydrogens (tertiary/aromatic N) is 1. The molecule has 0 radical (unpaired) electrons. The summed E-state index contributed by atoms with van der Waals surface area (Å²) >= 11 is 0. The summed E-state index contributed by atoms with van der Waals surface area (Å²) in [6.45, 7) is 5.13. The van der Waals surface area contributed by atoms with E-state index in [0.717, 1.165) is 6.54 Å². The van der Waals surface area contributed by atoms with Crippen LogP contribution in [0.1, 0.15) is 13.8 Å². The van der Waals surface area contributed by atoms with E-state index in [-0.39, 0.29) is 0 Å². The minimum Gasteiger partial charge on any atom is -0.299 e. The average Bonchev–Trinajstić information content (AvgIpc) is 1.82. The van der Waals surface area contributed by atoms with Gasteiger partial charge in [-0.15, -0.1) is 0 Å². The van der Waals surface area contributed by atoms with Gasteiger partial charge in [0.15, 0.2) is 0 Å². The molecule has 0 aromatic carbocycles. The van der Waals surface area contributed by atoms with E-state index >= 15 is 0 Å². The molecule has 0 amide bonds. The second kappa shape index (κ2) is 4.32. The fraction of sp³-hybridized carbons (Fsp3) is 0.833. The van der Waals surface area contributed by atoms with Crippen LogP contribution in [0.25, 0.3) is 0 Å². The topological polar surface area (TPSA) is 39.1 Å². The van der Waals surface area contributed by atoms with Crippen molar-refractivity contribution in [2.45, 2.75) is 13.8 Å². The summed E-state index contributed by atoms with van der Waals surface area (Å²) in [7, 11) is 1.81. The molecular weight excluding hydrogens is 114 g/mol. The number of hydrazine groups is 1. The van der Waals surface area contributed by atoms with Gasteiger partial charge in [-0.2, -0.15) is 0 Å². The Morgan fingerprint density at radius 3 is 2.33 bits per heavy atom. The lowest BCUT2D eigenvalue weighted by Crippen LogP contribution is -2.36. The summed E-state index contributed by atoms with van der Waals surface area (Å²) in [6.07, 6.45) is 1.29. The fourth-order valence-electron chi connectivity index (χ4n) is 0.602. The molecule has 9 heavy (non-hydrogen) atoms. The van der Waals surface area contributed by atoms with Crippen molar-refractivity contribution in [1.29, 1.82) is 5.41 Å². The highest BCUT2D eigenvalue weighted by Gasteiger charge is 1.97. The Labute approximate surface area is 56.5 Å². The van der Waals surface area contributed by atoms with Crippen molar-refractivity contribution in [3.63, 3.8) is 0 Å². The monoisotopic (exact) mass is 129 g/mol. The minimum atomic E-state index is 0.596. The van der Waals surface area contributed by atoms with E-state index in [0.29, 0.717) is 5.92 Å². The van der Waals surface area contributed by atoms with E-state index < -0.39 is 0 Å². The van der Waals surface area contributed by atoms with Crippen molar-refractivity contribution in [1.82, 2.24) is 10.4 Å². The van der Waals surface area contributed by atoms with Crippen LogP contribution in [0.15, 0.2) is 0 Å². The van der Waals surface area contributed by atoms with E-state index in [1.54, 1.807) is 5.01 Å². The highest BCUT2D eigenvalue weighted by molar-refractivity contribution is 5.49. The van der Waals surface area contributed by atoms with Gasteiger partial charge in [0.2, 0.25) is 0 Å². The zero-order chi connectivity index (χ0) is 7.28. The maximum absolute atomic E-state index is 6.89. The number of hydrogen-bond acceptors (Lipinski definition) is 2. The predicted octanol–water partition coefficient (Wildman–Crippen LogP) is 0.686. The van der Waals surface area contributed by atoms with Gasteiger partial charge in [0.05, 0.1) is 6.34 Å². The molecule has 3 heteroatoms. The summed E-state index contributed by atoms with van der Waals surface area (Å²) in [4.78, 5) is 0. The van der Waals surface area contributed by atoms with Gasteiger partial charge < -0.3 is 0 Å². The van der Waals surface area contributed by atoms with Crippen LogP contribution in [0.4, 0.5) is 0 Å². The van der Waals surface area contributed by atoms with Crippen LogP contribution in [-0.2, 0) is 0 Å². The Morgan fingerprint density at radius 2 is 2.22 bits per heavy atom. The molecule has 0 heterocycles. The normalized spacial score (nSPS) is 9.78. The number of hydrogen-bond donors (Lipinski definition) is 2. The zero-order valence-electron chi connectivity index (χ0n) is 6.31. The van der Waals surface area contributed by atoms with Gasteiger partial charge in [0.25, 0.3) is 0 Å². The van der Waals surface area contributed by atoms with E-state index in [1.165, 1.54) is 6.34 Å². The molecule has 0 fully saturated rings. The van der Waals surface area contributed by atoms with Gasteiger partial charge >= 0.3 is 0 Å². The molecule has 0 aromatic heterocycles. The van der Waals surface area contributed by atoms with Gasteiger partial charge in [-0.3, -0.25) is 10.4 Å². The highest BCUT2D eigenvalue weighted by atomic mass is 15.5. The van der Waals surface area contributed by atoms with Gasteiger partial charge in [0.1, 0.15) is 0 Å². The van der Waals surface area contributed by atoms with Crippen LogP contribution in [0.5, 0.6) is 0 Å². The summed E-state index contributed by atoms with van der Waals surface area (Å²) in [5.41, 5.74) is 2.87. The molecule has 3 nitrogen and oxygen atoms in total. The standard InChI is InChI=1S/C6H15N3/c1-6(2)4-9(5-7)8-3/h5-8H,4H2,1-3H3. The maximum Gasteiger partial charge on any atom is 0.0960 e. The van der Waals surface area contributed by atoms with Crippen LogP contribution < -0.4 is 5.43 Å². The molecule has 0 bridgehead atoms. The highest BCUT2D eigenvalue weighted by Crippen LogP contribution is 1.91.